The average Bonchev–Trinajstić information content (AvgIpc) is 2.81. The van der Waals surface area contributed by atoms with Crippen LogP contribution in [0.1, 0.15) is 87.5 Å². The van der Waals surface area contributed by atoms with E-state index >= 15 is 0 Å². The van der Waals surface area contributed by atoms with Crippen molar-refractivity contribution >= 4 is 17.5 Å². The van der Waals surface area contributed by atoms with E-state index in [1.54, 1.807) is 6.92 Å². The SMILES string of the molecule is CCC1CC(C)CC(c2ccc(Cl)c(Cc3ccc(CC4CCN(C(C)=O)CC4)cc3)c2)C1. The van der Waals surface area contributed by atoms with Crippen molar-refractivity contribution < 1.29 is 4.79 Å². The first-order valence-corrected chi connectivity index (χ1v) is 13.4. The highest BCUT2D eigenvalue weighted by Gasteiger charge is 2.27. The van der Waals surface area contributed by atoms with Gasteiger partial charge < -0.3 is 4.90 Å². The highest BCUT2D eigenvalue weighted by Crippen LogP contribution is 2.41. The largest absolute Gasteiger partial charge is 0.343 e. The number of nitrogens with zero attached hydrogens (tertiary/aromatic N) is 1. The van der Waals surface area contributed by atoms with Gasteiger partial charge in [-0.2, -0.15) is 0 Å². The molecule has 1 saturated heterocycles. The first-order valence-electron chi connectivity index (χ1n) is 13.0. The van der Waals surface area contributed by atoms with Crippen molar-refractivity contribution in [2.75, 3.05) is 13.1 Å². The number of piperidine rings is 1. The summed E-state index contributed by atoms with van der Waals surface area (Å²) in [5.41, 5.74) is 5.46. The summed E-state index contributed by atoms with van der Waals surface area (Å²) in [4.78, 5) is 13.5. The first-order chi connectivity index (χ1) is 15.9. The number of hydrogen-bond donors (Lipinski definition) is 0. The fourth-order valence-electron chi connectivity index (χ4n) is 6.13. The van der Waals surface area contributed by atoms with Gasteiger partial charge in [0.15, 0.2) is 0 Å². The van der Waals surface area contributed by atoms with E-state index in [1.165, 1.54) is 47.9 Å². The number of carbonyl (C=O) groups excluding carboxylic acids is 1. The molecule has 0 aromatic heterocycles. The van der Waals surface area contributed by atoms with E-state index in [9.17, 15) is 4.79 Å². The fraction of sp³-hybridized carbons (Fsp3) is 0.567. The predicted molar refractivity (Wildman–Crippen MR) is 139 cm³/mol. The molecule has 0 N–H and O–H groups in total. The standard InChI is InChI=1S/C30H40ClNO/c1-4-23-15-21(2)16-28(18-23)27-9-10-30(31)29(20-27)19-25-7-5-24(6-8-25)17-26-11-13-32(14-12-26)22(3)33/h5-10,20-21,23,26,28H,4,11-19H2,1-3H3. The molecule has 1 saturated carbocycles. The molecule has 33 heavy (non-hydrogen) atoms. The maximum absolute atomic E-state index is 11.5. The molecule has 1 aliphatic carbocycles. The maximum Gasteiger partial charge on any atom is 0.219 e. The summed E-state index contributed by atoms with van der Waals surface area (Å²) in [5.74, 6) is 3.24. The lowest BCUT2D eigenvalue weighted by atomic mass is 9.72. The van der Waals surface area contributed by atoms with Gasteiger partial charge in [0.1, 0.15) is 0 Å². The Balaban J connectivity index is 1.38. The van der Waals surface area contributed by atoms with Crippen molar-refractivity contribution in [2.24, 2.45) is 17.8 Å². The monoisotopic (exact) mass is 465 g/mol. The third-order valence-electron chi connectivity index (χ3n) is 8.16. The lowest BCUT2D eigenvalue weighted by Crippen LogP contribution is -2.37. The minimum Gasteiger partial charge on any atom is -0.343 e. The third kappa shape index (κ3) is 6.41. The number of halogens is 1. The molecule has 2 aliphatic rings. The van der Waals surface area contributed by atoms with Gasteiger partial charge in [-0.15, -0.1) is 0 Å². The molecule has 2 aromatic carbocycles. The Morgan fingerprint density at radius 2 is 1.67 bits per heavy atom. The van der Waals surface area contributed by atoms with E-state index in [0.29, 0.717) is 11.8 Å². The molecule has 3 heteroatoms. The summed E-state index contributed by atoms with van der Waals surface area (Å²) in [5, 5.41) is 0.885. The van der Waals surface area contributed by atoms with Crippen molar-refractivity contribution in [1.82, 2.24) is 4.90 Å². The van der Waals surface area contributed by atoms with Crippen molar-refractivity contribution in [2.45, 2.75) is 78.1 Å². The molecular weight excluding hydrogens is 426 g/mol. The summed E-state index contributed by atoms with van der Waals surface area (Å²) in [6, 6.07) is 15.9. The van der Waals surface area contributed by atoms with Gasteiger partial charge in [0, 0.05) is 25.0 Å². The maximum atomic E-state index is 11.5. The van der Waals surface area contributed by atoms with Crippen molar-refractivity contribution in [1.29, 1.82) is 0 Å². The molecule has 1 amide bonds. The van der Waals surface area contributed by atoms with Crippen LogP contribution in [0.15, 0.2) is 42.5 Å². The van der Waals surface area contributed by atoms with E-state index in [2.05, 4.69) is 56.3 Å². The molecule has 2 nitrogen and oxygen atoms in total. The molecule has 3 atom stereocenters. The van der Waals surface area contributed by atoms with Crippen LogP contribution in [0.2, 0.25) is 5.02 Å². The molecule has 2 fully saturated rings. The minimum absolute atomic E-state index is 0.212. The zero-order chi connectivity index (χ0) is 23.4. The summed E-state index contributed by atoms with van der Waals surface area (Å²) in [6.07, 6.45) is 9.54. The number of benzene rings is 2. The second kappa shape index (κ2) is 11.1. The Morgan fingerprint density at radius 3 is 2.33 bits per heavy atom. The van der Waals surface area contributed by atoms with Gasteiger partial charge in [-0.05, 0) is 96.9 Å². The second-order valence-corrected chi connectivity index (χ2v) is 11.2. The van der Waals surface area contributed by atoms with Gasteiger partial charge in [0.2, 0.25) is 5.91 Å². The molecule has 178 valence electrons. The summed E-state index contributed by atoms with van der Waals surface area (Å²) in [6.45, 7) is 8.25. The van der Waals surface area contributed by atoms with Gasteiger partial charge in [-0.1, -0.05) is 68.3 Å². The van der Waals surface area contributed by atoms with Crippen LogP contribution >= 0.6 is 11.6 Å². The lowest BCUT2D eigenvalue weighted by molar-refractivity contribution is -0.130. The Morgan fingerprint density at radius 1 is 0.970 bits per heavy atom. The summed E-state index contributed by atoms with van der Waals surface area (Å²) >= 11 is 6.64. The molecule has 1 aliphatic heterocycles. The molecule has 2 aromatic rings. The lowest BCUT2D eigenvalue weighted by Gasteiger charge is -2.33. The van der Waals surface area contributed by atoms with Crippen molar-refractivity contribution in [3.63, 3.8) is 0 Å². The number of carbonyl (C=O) groups is 1. The summed E-state index contributed by atoms with van der Waals surface area (Å²) < 4.78 is 0. The van der Waals surface area contributed by atoms with Gasteiger partial charge in [-0.3, -0.25) is 4.79 Å². The Kier molecular flexibility index (Phi) is 8.17. The van der Waals surface area contributed by atoms with Crippen LogP contribution in [-0.4, -0.2) is 23.9 Å². The number of rotatable bonds is 6. The van der Waals surface area contributed by atoms with E-state index in [0.717, 1.165) is 55.6 Å². The van der Waals surface area contributed by atoms with Gasteiger partial charge in [0.25, 0.3) is 0 Å². The molecular formula is C30H40ClNO. The topological polar surface area (TPSA) is 20.3 Å². The smallest absolute Gasteiger partial charge is 0.219 e. The quantitative estimate of drug-likeness (QED) is 0.428. The van der Waals surface area contributed by atoms with Gasteiger partial charge in [-0.25, -0.2) is 0 Å². The molecule has 3 unspecified atom stereocenters. The number of likely N-dealkylation sites (tertiary alicyclic amines) is 1. The predicted octanol–water partition coefficient (Wildman–Crippen LogP) is 7.66. The normalized spacial score (nSPS) is 24.1. The van der Waals surface area contributed by atoms with Crippen LogP contribution in [0.5, 0.6) is 0 Å². The molecule has 0 spiro atoms. The van der Waals surface area contributed by atoms with E-state index in [-0.39, 0.29) is 5.91 Å². The Hall–Kier alpha value is -1.80. The second-order valence-electron chi connectivity index (χ2n) is 10.8. The van der Waals surface area contributed by atoms with Crippen LogP contribution in [0, 0.1) is 17.8 Å². The van der Waals surface area contributed by atoms with Gasteiger partial charge in [0.05, 0.1) is 0 Å². The van der Waals surface area contributed by atoms with Crippen LogP contribution in [0.25, 0.3) is 0 Å². The van der Waals surface area contributed by atoms with Crippen LogP contribution in [0.3, 0.4) is 0 Å². The van der Waals surface area contributed by atoms with Crippen LogP contribution in [0.4, 0.5) is 0 Å². The number of hydrogen-bond acceptors (Lipinski definition) is 1. The average molecular weight is 466 g/mol. The zero-order valence-corrected chi connectivity index (χ0v) is 21.4. The zero-order valence-electron chi connectivity index (χ0n) is 20.7. The van der Waals surface area contributed by atoms with Crippen LogP contribution in [-0.2, 0) is 17.6 Å². The van der Waals surface area contributed by atoms with Crippen molar-refractivity contribution in [3.8, 4) is 0 Å². The van der Waals surface area contributed by atoms with Crippen molar-refractivity contribution in [3.05, 3.63) is 69.7 Å². The van der Waals surface area contributed by atoms with E-state index < -0.39 is 0 Å². The van der Waals surface area contributed by atoms with E-state index in [1.807, 2.05) is 4.90 Å². The van der Waals surface area contributed by atoms with Crippen LogP contribution < -0.4 is 0 Å². The number of amides is 1. The molecule has 0 bridgehead atoms. The highest BCUT2D eigenvalue weighted by molar-refractivity contribution is 6.31. The molecule has 4 rings (SSSR count). The fourth-order valence-corrected chi connectivity index (χ4v) is 6.32. The van der Waals surface area contributed by atoms with Gasteiger partial charge >= 0.3 is 0 Å². The third-order valence-corrected chi connectivity index (χ3v) is 8.53. The molecule has 1 heterocycles. The Bertz CT molecular complexity index is 929. The minimum atomic E-state index is 0.212. The highest BCUT2D eigenvalue weighted by atomic mass is 35.5. The Labute approximate surface area is 205 Å². The molecule has 0 radical (unpaired) electrons. The van der Waals surface area contributed by atoms with E-state index in [4.69, 9.17) is 11.6 Å². The first kappa shape index (κ1) is 24.3. The summed E-state index contributed by atoms with van der Waals surface area (Å²) in [7, 11) is 0.